The number of hydrogen-bond donors (Lipinski definition) is 4. The third-order valence-corrected chi connectivity index (χ3v) is 9.52. The number of aliphatic hydroxyl groups is 3. The van der Waals surface area contributed by atoms with E-state index in [2.05, 4.69) is 43.5 Å². The normalized spacial score (nSPS) is 13.9. The topological polar surface area (TPSA) is 89.8 Å². The number of carbonyl (C=O) groups is 1. The molecule has 0 aromatic heterocycles. The fraction of sp³-hybridized carbons (Fsp3) is 0.881. The summed E-state index contributed by atoms with van der Waals surface area (Å²) in [4.78, 5) is 12.4. The van der Waals surface area contributed by atoms with Crippen molar-refractivity contribution in [1.29, 1.82) is 0 Å². The maximum atomic E-state index is 12.4. The van der Waals surface area contributed by atoms with Gasteiger partial charge in [0.25, 0.3) is 0 Å². The molecular formula is C42H81NO4. The van der Waals surface area contributed by atoms with Crippen molar-refractivity contribution in [1.82, 2.24) is 5.32 Å². The van der Waals surface area contributed by atoms with Crippen LogP contribution in [0.4, 0.5) is 0 Å². The lowest BCUT2D eigenvalue weighted by atomic mass is 10.0. The van der Waals surface area contributed by atoms with E-state index in [9.17, 15) is 20.1 Å². The van der Waals surface area contributed by atoms with Crippen molar-refractivity contribution in [2.45, 2.75) is 231 Å². The number of hydrogen-bond acceptors (Lipinski definition) is 4. The fourth-order valence-electron chi connectivity index (χ4n) is 6.32. The molecule has 0 aliphatic carbocycles. The third kappa shape index (κ3) is 34.5. The van der Waals surface area contributed by atoms with Crippen molar-refractivity contribution in [2.75, 3.05) is 6.61 Å². The monoisotopic (exact) mass is 664 g/mol. The van der Waals surface area contributed by atoms with Gasteiger partial charge in [-0.05, 0) is 44.9 Å². The Balaban J connectivity index is 3.61. The fourth-order valence-corrected chi connectivity index (χ4v) is 6.32. The summed E-state index contributed by atoms with van der Waals surface area (Å²) in [6.45, 7) is 4.23. The SMILES string of the molecule is CCCCCCCCCCC/C=C\C/C=C\CCCCCCCCCC(O)CC(=O)NC(CO)C(O)CCCCCCCCCCC. The Kier molecular flexibility index (Phi) is 36.7. The van der Waals surface area contributed by atoms with Crippen molar-refractivity contribution >= 4 is 5.91 Å². The zero-order valence-corrected chi connectivity index (χ0v) is 31.4. The van der Waals surface area contributed by atoms with Crippen LogP contribution in [0, 0.1) is 0 Å². The van der Waals surface area contributed by atoms with E-state index in [1.165, 1.54) is 148 Å². The molecule has 3 atom stereocenters. The second kappa shape index (κ2) is 37.6. The summed E-state index contributed by atoms with van der Waals surface area (Å²) in [6.07, 6.45) is 44.3. The lowest BCUT2D eigenvalue weighted by molar-refractivity contribution is -0.125. The van der Waals surface area contributed by atoms with Crippen LogP contribution in [0.3, 0.4) is 0 Å². The first-order chi connectivity index (χ1) is 23.0. The molecule has 47 heavy (non-hydrogen) atoms. The number of amides is 1. The highest BCUT2D eigenvalue weighted by molar-refractivity contribution is 5.76. The molecule has 0 spiro atoms. The van der Waals surface area contributed by atoms with Gasteiger partial charge in [-0.2, -0.15) is 0 Å². The molecule has 0 rings (SSSR count). The van der Waals surface area contributed by atoms with E-state index < -0.39 is 18.2 Å². The number of aliphatic hydroxyl groups excluding tert-OH is 3. The van der Waals surface area contributed by atoms with Crippen LogP contribution in [0.1, 0.15) is 213 Å². The molecule has 278 valence electrons. The molecular weight excluding hydrogens is 582 g/mol. The lowest BCUT2D eigenvalue weighted by Gasteiger charge is -2.23. The van der Waals surface area contributed by atoms with Crippen LogP contribution < -0.4 is 5.32 Å². The molecule has 0 aliphatic heterocycles. The average Bonchev–Trinajstić information content (AvgIpc) is 3.06. The minimum absolute atomic E-state index is 0.0316. The minimum atomic E-state index is -0.747. The van der Waals surface area contributed by atoms with Gasteiger partial charge in [0.2, 0.25) is 5.91 Å². The lowest BCUT2D eigenvalue weighted by Crippen LogP contribution is -2.46. The maximum Gasteiger partial charge on any atom is 0.222 e. The average molecular weight is 664 g/mol. The van der Waals surface area contributed by atoms with Gasteiger partial charge in [0, 0.05) is 0 Å². The van der Waals surface area contributed by atoms with Crippen molar-refractivity contribution in [3.05, 3.63) is 24.3 Å². The van der Waals surface area contributed by atoms with E-state index in [0.29, 0.717) is 12.8 Å². The van der Waals surface area contributed by atoms with Gasteiger partial charge in [0.15, 0.2) is 0 Å². The summed E-state index contributed by atoms with van der Waals surface area (Å²) in [5.41, 5.74) is 0. The largest absolute Gasteiger partial charge is 0.394 e. The minimum Gasteiger partial charge on any atom is -0.394 e. The van der Waals surface area contributed by atoms with Gasteiger partial charge < -0.3 is 20.6 Å². The van der Waals surface area contributed by atoms with E-state index in [4.69, 9.17) is 0 Å². The summed E-state index contributed by atoms with van der Waals surface area (Å²) in [6, 6.07) is -0.657. The number of nitrogens with one attached hydrogen (secondary N) is 1. The Labute approximate surface area is 292 Å². The van der Waals surface area contributed by atoms with Crippen LogP contribution in [0.25, 0.3) is 0 Å². The van der Waals surface area contributed by atoms with E-state index >= 15 is 0 Å². The highest BCUT2D eigenvalue weighted by Crippen LogP contribution is 2.15. The van der Waals surface area contributed by atoms with Crippen molar-refractivity contribution < 1.29 is 20.1 Å². The van der Waals surface area contributed by atoms with Gasteiger partial charge in [-0.1, -0.05) is 186 Å². The Morgan fingerprint density at radius 2 is 0.915 bits per heavy atom. The summed E-state index contributed by atoms with van der Waals surface area (Å²) in [7, 11) is 0. The smallest absolute Gasteiger partial charge is 0.222 e. The van der Waals surface area contributed by atoms with Crippen molar-refractivity contribution in [2.24, 2.45) is 0 Å². The molecule has 0 aromatic carbocycles. The van der Waals surface area contributed by atoms with Gasteiger partial charge in [0.05, 0.1) is 31.3 Å². The summed E-state index contributed by atoms with van der Waals surface area (Å²) in [5, 5.41) is 33.2. The maximum absolute atomic E-state index is 12.4. The first kappa shape index (κ1) is 45.8. The first-order valence-corrected chi connectivity index (χ1v) is 20.6. The summed E-state index contributed by atoms with van der Waals surface area (Å²) >= 11 is 0. The van der Waals surface area contributed by atoms with E-state index in [1.807, 2.05) is 0 Å². The van der Waals surface area contributed by atoms with Crippen LogP contribution in [0.2, 0.25) is 0 Å². The van der Waals surface area contributed by atoms with Crippen LogP contribution in [0.15, 0.2) is 24.3 Å². The van der Waals surface area contributed by atoms with Crippen molar-refractivity contribution in [3.63, 3.8) is 0 Å². The van der Waals surface area contributed by atoms with E-state index in [0.717, 1.165) is 32.1 Å². The summed E-state index contributed by atoms with van der Waals surface area (Å²) in [5.74, 6) is -0.290. The Morgan fingerprint density at radius 3 is 1.34 bits per heavy atom. The number of rotatable bonds is 37. The Hall–Kier alpha value is -1.17. The zero-order valence-electron chi connectivity index (χ0n) is 31.4. The predicted octanol–water partition coefficient (Wildman–Crippen LogP) is 11.4. The Bertz CT molecular complexity index is 694. The van der Waals surface area contributed by atoms with Gasteiger partial charge in [-0.3, -0.25) is 4.79 Å². The molecule has 0 aliphatic rings. The Morgan fingerprint density at radius 1 is 0.532 bits per heavy atom. The molecule has 5 heteroatoms. The van der Waals surface area contributed by atoms with Crippen LogP contribution in [0.5, 0.6) is 0 Å². The zero-order chi connectivity index (χ0) is 34.5. The molecule has 0 bridgehead atoms. The molecule has 0 heterocycles. The van der Waals surface area contributed by atoms with Gasteiger partial charge >= 0.3 is 0 Å². The molecule has 1 amide bonds. The summed E-state index contributed by atoms with van der Waals surface area (Å²) < 4.78 is 0. The van der Waals surface area contributed by atoms with Gasteiger partial charge in [-0.25, -0.2) is 0 Å². The second-order valence-corrected chi connectivity index (χ2v) is 14.2. The van der Waals surface area contributed by atoms with Crippen LogP contribution in [-0.2, 0) is 4.79 Å². The molecule has 0 saturated carbocycles. The van der Waals surface area contributed by atoms with E-state index in [1.54, 1.807) is 0 Å². The molecule has 3 unspecified atom stereocenters. The molecule has 0 radical (unpaired) electrons. The number of carbonyl (C=O) groups excluding carboxylic acids is 1. The number of unbranched alkanes of at least 4 members (excludes halogenated alkanes) is 24. The molecule has 5 nitrogen and oxygen atoms in total. The van der Waals surface area contributed by atoms with Gasteiger partial charge in [0.1, 0.15) is 0 Å². The molecule has 4 N–H and O–H groups in total. The second-order valence-electron chi connectivity index (χ2n) is 14.2. The van der Waals surface area contributed by atoms with Crippen LogP contribution >= 0.6 is 0 Å². The van der Waals surface area contributed by atoms with Crippen LogP contribution in [-0.4, -0.2) is 46.1 Å². The van der Waals surface area contributed by atoms with E-state index in [-0.39, 0.29) is 18.9 Å². The highest BCUT2D eigenvalue weighted by atomic mass is 16.3. The highest BCUT2D eigenvalue weighted by Gasteiger charge is 2.21. The van der Waals surface area contributed by atoms with Crippen molar-refractivity contribution in [3.8, 4) is 0 Å². The molecule has 0 aromatic rings. The number of allylic oxidation sites excluding steroid dienone is 4. The quantitative estimate of drug-likeness (QED) is 0.0393. The van der Waals surface area contributed by atoms with Gasteiger partial charge in [-0.15, -0.1) is 0 Å². The molecule has 0 saturated heterocycles. The predicted molar refractivity (Wildman–Crippen MR) is 204 cm³/mol. The standard InChI is InChI=1S/C42H81NO4/c1-3-5-7-9-11-13-14-15-16-17-18-19-20-21-22-23-24-25-26-28-29-31-33-35-39(45)37-42(47)43-40(38-44)41(46)36-34-32-30-27-12-10-8-6-4-2/h18-19,21-22,39-41,44-46H,3-17,20,23-38H2,1-2H3,(H,43,47)/b19-18-,22-21-. The molecule has 0 fully saturated rings. The first-order valence-electron chi connectivity index (χ1n) is 20.6. The third-order valence-electron chi connectivity index (χ3n) is 9.52.